The molecule has 4 atom stereocenters. The summed E-state index contributed by atoms with van der Waals surface area (Å²) in [6.45, 7) is 2.36. The number of nitrogens with zero attached hydrogens (tertiary/aromatic N) is 1. The highest BCUT2D eigenvalue weighted by molar-refractivity contribution is 5.86. The Morgan fingerprint density at radius 2 is 1.74 bits per heavy atom. The zero-order chi connectivity index (χ0) is 21.2. The molecule has 2 nitrogen and oxygen atoms in total. The highest BCUT2D eigenvalue weighted by Gasteiger charge is 2.28. The molecular weight excluding hydrogens is 376 g/mol. The van der Waals surface area contributed by atoms with Crippen molar-refractivity contribution in [3.63, 3.8) is 0 Å². The van der Waals surface area contributed by atoms with Crippen LogP contribution >= 0.6 is 0 Å². The lowest BCUT2D eigenvalue weighted by Crippen LogP contribution is -2.42. The molecule has 0 unspecified atom stereocenters. The first-order valence-corrected chi connectivity index (χ1v) is 11.6. The summed E-state index contributed by atoms with van der Waals surface area (Å²) in [6, 6.07) is 15.7. The molecule has 2 N–H and O–H groups in total. The molecule has 3 aliphatic rings. The van der Waals surface area contributed by atoms with Crippen LogP contribution in [0.25, 0.3) is 10.8 Å². The third kappa shape index (κ3) is 4.05. The van der Waals surface area contributed by atoms with E-state index >= 15 is 0 Å². The summed E-state index contributed by atoms with van der Waals surface area (Å²) in [5.74, 6) is 8.20. The van der Waals surface area contributed by atoms with Gasteiger partial charge in [-0.05, 0) is 54.0 Å². The van der Waals surface area contributed by atoms with Gasteiger partial charge in [-0.1, -0.05) is 97.5 Å². The Morgan fingerprint density at radius 3 is 2.52 bits per heavy atom. The van der Waals surface area contributed by atoms with Gasteiger partial charge in [0.1, 0.15) is 0 Å². The number of benzene rings is 2. The fraction of sp³-hybridized carbons (Fsp3) is 0.310. The second kappa shape index (κ2) is 8.72. The SMILES string of the molecule is C[C@@H]1C[C@H](N(N)C2=CC[C@H](c3cccc4ccccc34)C=C2)CC=C1[C@H]1C=CC=CC1. The van der Waals surface area contributed by atoms with Crippen molar-refractivity contribution < 1.29 is 0 Å². The molecule has 158 valence electrons. The lowest BCUT2D eigenvalue weighted by atomic mass is 9.77. The number of hydrogen-bond acceptors (Lipinski definition) is 2. The van der Waals surface area contributed by atoms with E-state index in [1.807, 2.05) is 5.01 Å². The molecule has 0 bridgehead atoms. The maximum atomic E-state index is 6.64. The molecule has 0 heterocycles. The summed E-state index contributed by atoms with van der Waals surface area (Å²) in [5.41, 5.74) is 4.15. The van der Waals surface area contributed by atoms with E-state index in [9.17, 15) is 0 Å². The van der Waals surface area contributed by atoms with Crippen LogP contribution in [0.2, 0.25) is 0 Å². The fourth-order valence-corrected chi connectivity index (χ4v) is 5.50. The minimum Gasteiger partial charge on any atom is -0.308 e. The smallest absolute Gasteiger partial charge is 0.0492 e. The molecule has 31 heavy (non-hydrogen) atoms. The Hall–Kier alpha value is -2.84. The molecule has 5 rings (SSSR count). The molecule has 0 aliphatic heterocycles. The van der Waals surface area contributed by atoms with Gasteiger partial charge in [-0.25, -0.2) is 5.84 Å². The molecule has 0 amide bonds. The second-order valence-electron chi connectivity index (χ2n) is 9.19. The molecule has 0 saturated heterocycles. The van der Waals surface area contributed by atoms with Crippen molar-refractivity contribution in [1.29, 1.82) is 0 Å². The average molecular weight is 409 g/mol. The number of hydrazine groups is 1. The molecule has 0 spiro atoms. The van der Waals surface area contributed by atoms with E-state index < -0.39 is 0 Å². The van der Waals surface area contributed by atoms with E-state index in [1.165, 1.54) is 16.3 Å². The van der Waals surface area contributed by atoms with Crippen LogP contribution in [0, 0.1) is 11.8 Å². The van der Waals surface area contributed by atoms with E-state index in [2.05, 4.69) is 98.0 Å². The van der Waals surface area contributed by atoms with E-state index in [0.717, 1.165) is 31.4 Å². The van der Waals surface area contributed by atoms with Crippen molar-refractivity contribution >= 4 is 10.8 Å². The summed E-state index contributed by atoms with van der Waals surface area (Å²) in [7, 11) is 0. The summed E-state index contributed by atoms with van der Waals surface area (Å²) in [6.07, 6.45) is 22.6. The Labute approximate surface area is 186 Å². The number of fused-ring (bicyclic) bond motifs is 1. The van der Waals surface area contributed by atoms with Gasteiger partial charge >= 0.3 is 0 Å². The largest absolute Gasteiger partial charge is 0.308 e. The molecule has 2 aromatic rings. The highest BCUT2D eigenvalue weighted by Crippen LogP contribution is 2.37. The van der Waals surface area contributed by atoms with E-state index in [4.69, 9.17) is 5.84 Å². The number of allylic oxidation sites excluding steroid dienone is 8. The molecule has 3 aliphatic carbocycles. The van der Waals surface area contributed by atoms with Gasteiger partial charge in [0.15, 0.2) is 0 Å². The van der Waals surface area contributed by atoms with Crippen LogP contribution in [0.3, 0.4) is 0 Å². The molecule has 0 aromatic heterocycles. The number of nitrogens with two attached hydrogens (primary N) is 1. The summed E-state index contributed by atoms with van der Waals surface area (Å²) < 4.78 is 0. The lowest BCUT2D eigenvalue weighted by Gasteiger charge is -2.37. The van der Waals surface area contributed by atoms with E-state index in [-0.39, 0.29) is 0 Å². The van der Waals surface area contributed by atoms with Crippen molar-refractivity contribution in [3.8, 4) is 0 Å². The van der Waals surface area contributed by atoms with Crippen molar-refractivity contribution in [1.82, 2.24) is 5.01 Å². The van der Waals surface area contributed by atoms with Crippen molar-refractivity contribution in [2.45, 2.75) is 44.6 Å². The summed E-state index contributed by atoms with van der Waals surface area (Å²) in [5, 5.41) is 4.69. The maximum absolute atomic E-state index is 6.64. The topological polar surface area (TPSA) is 29.3 Å². The van der Waals surface area contributed by atoms with Crippen LogP contribution in [0.1, 0.15) is 44.1 Å². The first-order valence-electron chi connectivity index (χ1n) is 11.6. The maximum Gasteiger partial charge on any atom is 0.0492 e. The third-order valence-corrected chi connectivity index (χ3v) is 7.22. The normalized spacial score (nSPS) is 27.8. The Kier molecular flexibility index (Phi) is 5.65. The molecular formula is C29H32N2. The minimum atomic E-state index is 0.367. The van der Waals surface area contributed by atoms with Crippen LogP contribution in [0.15, 0.2) is 102 Å². The van der Waals surface area contributed by atoms with Gasteiger partial charge in [-0.15, -0.1) is 0 Å². The standard InChI is InChI=1S/C29H32N2/c1-21-20-26(18-19-27(21)22-8-3-2-4-9-22)31(30)25-16-14-24(15-17-25)29-13-7-11-23-10-5-6-12-28(23)29/h2-8,10-14,16-17,19,21-22,24,26H,9,15,18,20,30H2,1H3/t21-,22+,24-,26-/m1/s1. The van der Waals surface area contributed by atoms with Gasteiger partial charge in [0.05, 0.1) is 0 Å². The molecule has 0 saturated carbocycles. The first-order chi connectivity index (χ1) is 15.2. The van der Waals surface area contributed by atoms with Crippen molar-refractivity contribution in [3.05, 3.63) is 108 Å². The van der Waals surface area contributed by atoms with Crippen molar-refractivity contribution in [2.24, 2.45) is 17.7 Å². The van der Waals surface area contributed by atoms with E-state index in [1.54, 1.807) is 5.57 Å². The molecule has 2 heteroatoms. The fourth-order valence-electron chi connectivity index (χ4n) is 5.50. The van der Waals surface area contributed by atoms with Crippen LogP contribution < -0.4 is 5.84 Å². The van der Waals surface area contributed by atoms with Gasteiger partial charge in [-0.2, -0.15) is 0 Å². The quantitative estimate of drug-likeness (QED) is 0.342. The van der Waals surface area contributed by atoms with Gasteiger partial charge < -0.3 is 5.01 Å². The number of rotatable bonds is 4. The van der Waals surface area contributed by atoms with Crippen molar-refractivity contribution in [2.75, 3.05) is 0 Å². The summed E-state index contributed by atoms with van der Waals surface area (Å²) in [4.78, 5) is 0. The monoisotopic (exact) mass is 408 g/mol. The summed E-state index contributed by atoms with van der Waals surface area (Å²) >= 11 is 0. The molecule has 0 radical (unpaired) electrons. The minimum absolute atomic E-state index is 0.367. The zero-order valence-electron chi connectivity index (χ0n) is 18.3. The molecule has 2 aromatic carbocycles. The Bertz CT molecular complexity index is 1100. The average Bonchev–Trinajstić information content (AvgIpc) is 2.84. The van der Waals surface area contributed by atoms with Crippen LogP contribution in [0.4, 0.5) is 0 Å². The second-order valence-corrected chi connectivity index (χ2v) is 9.19. The number of hydrogen-bond donors (Lipinski definition) is 1. The highest BCUT2D eigenvalue weighted by atomic mass is 15.4. The van der Waals surface area contributed by atoms with Crippen LogP contribution in [-0.2, 0) is 0 Å². The van der Waals surface area contributed by atoms with Crippen LogP contribution in [-0.4, -0.2) is 11.1 Å². The van der Waals surface area contributed by atoms with Gasteiger partial charge in [-0.3, -0.25) is 0 Å². The van der Waals surface area contributed by atoms with Crippen LogP contribution in [0.5, 0.6) is 0 Å². The third-order valence-electron chi connectivity index (χ3n) is 7.22. The van der Waals surface area contributed by atoms with E-state index in [0.29, 0.717) is 23.8 Å². The predicted molar refractivity (Wildman–Crippen MR) is 131 cm³/mol. The Morgan fingerprint density at radius 1 is 0.871 bits per heavy atom. The Balaban J connectivity index is 1.27. The lowest BCUT2D eigenvalue weighted by molar-refractivity contribution is 0.223. The first kappa shape index (κ1) is 20.1. The molecule has 0 fully saturated rings. The van der Waals surface area contributed by atoms with Gasteiger partial charge in [0, 0.05) is 23.6 Å². The van der Waals surface area contributed by atoms with Gasteiger partial charge in [0.25, 0.3) is 0 Å². The predicted octanol–water partition coefficient (Wildman–Crippen LogP) is 6.80. The van der Waals surface area contributed by atoms with Gasteiger partial charge in [0.2, 0.25) is 0 Å². The zero-order valence-corrected chi connectivity index (χ0v) is 18.3.